The van der Waals surface area contributed by atoms with Gasteiger partial charge in [0, 0.05) is 12.8 Å². The Balaban J connectivity index is 2.25. The molecule has 2 fully saturated rings. The number of hydrogen-bond acceptors (Lipinski definition) is 1. The van der Waals surface area contributed by atoms with Gasteiger partial charge in [-0.25, -0.2) is 0 Å². The molecule has 0 aromatic carbocycles. The van der Waals surface area contributed by atoms with E-state index in [0.29, 0.717) is 16.6 Å². The van der Waals surface area contributed by atoms with E-state index in [9.17, 15) is 4.79 Å². The maximum Gasteiger partial charge on any atom is 0.133 e. The lowest BCUT2D eigenvalue weighted by Gasteiger charge is -2.53. The summed E-state index contributed by atoms with van der Waals surface area (Å²) in [6.07, 6.45) is 6.76. The van der Waals surface area contributed by atoms with Crippen molar-refractivity contribution < 1.29 is 4.79 Å². The van der Waals surface area contributed by atoms with Crippen LogP contribution in [0.25, 0.3) is 0 Å². The number of rotatable bonds is 0. The SMILES string of the molecule is CC1(C)CCC[C@@]2(C)CC(=O)CC[C@H]12. The van der Waals surface area contributed by atoms with Crippen LogP contribution in [0.3, 0.4) is 0 Å². The van der Waals surface area contributed by atoms with E-state index in [1.807, 2.05) is 0 Å². The van der Waals surface area contributed by atoms with Gasteiger partial charge in [0.15, 0.2) is 0 Å². The van der Waals surface area contributed by atoms with Crippen molar-refractivity contribution in [2.75, 3.05) is 0 Å². The Labute approximate surface area is 87.3 Å². The molecule has 0 saturated heterocycles. The predicted octanol–water partition coefficient (Wildman–Crippen LogP) is 3.57. The number of ketones is 1. The van der Waals surface area contributed by atoms with Gasteiger partial charge in [-0.1, -0.05) is 27.2 Å². The van der Waals surface area contributed by atoms with Crippen LogP contribution >= 0.6 is 0 Å². The third-order valence-corrected chi connectivity index (χ3v) is 4.67. The lowest BCUT2D eigenvalue weighted by Crippen LogP contribution is -2.46. The first-order chi connectivity index (χ1) is 6.44. The molecule has 0 unspecified atom stereocenters. The number of hydrogen-bond donors (Lipinski definition) is 0. The first-order valence-electron chi connectivity index (χ1n) is 5.96. The van der Waals surface area contributed by atoms with Gasteiger partial charge in [0.05, 0.1) is 0 Å². The van der Waals surface area contributed by atoms with Crippen LogP contribution in [0.15, 0.2) is 0 Å². The van der Waals surface area contributed by atoms with E-state index in [1.165, 1.54) is 19.3 Å². The monoisotopic (exact) mass is 194 g/mol. The van der Waals surface area contributed by atoms with Crippen LogP contribution in [0.2, 0.25) is 0 Å². The van der Waals surface area contributed by atoms with Gasteiger partial charge >= 0.3 is 0 Å². The number of fused-ring (bicyclic) bond motifs is 1. The quantitative estimate of drug-likeness (QED) is 0.576. The smallest absolute Gasteiger partial charge is 0.133 e. The van der Waals surface area contributed by atoms with Gasteiger partial charge in [-0.3, -0.25) is 4.79 Å². The molecule has 2 rings (SSSR count). The van der Waals surface area contributed by atoms with E-state index >= 15 is 0 Å². The molecule has 0 aromatic heterocycles. The van der Waals surface area contributed by atoms with E-state index < -0.39 is 0 Å². The average molecular weight is 194 g/mol. The second-order valence-corrected chi connectivity index (χ2v) is 6.30. The van der Waals surface area contributed by atoms with Crippen LogP contribution in [-0.2, 0) is 4.79 Å². The number of carbonyl (C=O) groups excluding carboxylic acids is 1. The van der Waals surface area contributed by atoms with Gasteiger partial charge in [-0.05, 0) is 36.0 Å². The Morgan fingerprint density at radius 1 is 1.21 bits per heavy atom. The van der Waals surface area contributed by atoms with Crippen molar-refractivity contribution in [3.63, 3.8) is 0 Å². The van der Waals surface area contributed by atoms with Crippen LogP contribution in [0.4, 0.5) is 0 Å². The summed E-state index contributed by atoms with van der Waals surface area (Å²) in [5, 5.41) is 0. The molecule has 0 heterocycles. The Kier molecular flexibility index (Phi) is 2.24. The summed E-state index contributed by atoms with van der Waals surface area (Å²) in [7, 11) is 0. The van der Waals surface area contributed by atoms with Crippen LogP contribution < -0.4 is 0 Å². The van der Waals surface area contributed by atoms with Gasteiger partial charge in [0.2, 0.25) is 0 Å². The maximum absolute atomic E-state index is 11.5. The zero-order chi connectivity index (χ0) is 10.4. The fourth-order valence-electron chi connectivity index (χ4n) is 4.03. The predicted molar refractivity (Wildman–Crippen MR) is 58.1 cm³/mol. The standard InChI is InChI=1S/C13H22O/c1-12(2)7-4-8-13(3)9-10(14)5-6-11(12)13/h11H,4-9H2,1-3H3/t11-,13+/m1/s1. The van der Waals surface area contributed by atoms with Crippen LogP contribution in [0.5, 0.6) is 0 Å². The lowest BCUT2D eigenvalue weighted by atomic mass is 9.51. The minimum absolute atomic E-state index is 0.330. The third-order valence-electron chi connectivity index (χ3n) is 4.67. The molecule has 0 bridgehead atoms. The molecule has 0 amide bonds. The Morgan fingerprint density at radius 3 is 2.64 bits per heavy atom. The van der Waals surface area contributed by atoms with E-state index in [4.69, 9.17) is 0 Å². The van der Waals surface area contributed by atoms with E-state index in [-0.39, 0.29) is 0 Å². The number of Topliss-reactive ketones (excluding diaryl/α,β-unsaturated/α-hetero) is 1. The van der Waals surface area contributed by atoms with E-state index in [1.54, 1.807) is 0 Å². The first kappa shape index (κ1) is 10.2. The third kappa shape index (κ3) is 1.51. The Bertz CT molecular complexity index is 254. The largest absolute Gasteiger partial charge is 0.300 e. The molecule has 14 heavy (non-hydrogen) atoms. The molecule has 0 N–H and O–H groups in total. The van der Waals surface area contributed by atoms with Crippen molar-refractivity contribution >= 4 is 5.78 Å². The zero-order valence-corrected chi connectivity index (χ0v) is 9.73. The summed E-state index contributed by atoms with van der Waals surface area (Å²) < 4.78 is 0. The fourth-order valence-corrected chi connectivity index (χ4v) is 4.03. The van der Waals surface area contributed by atoms with Crippen LogP contribution in [-0.4, -0.2) is 5.78 Å². The summed E-state index contributed by atoms with van der Waals surface area (Å²) in [5.41, 5.74) is 0.796. The van der Waals surface area contributed by atoms with E-state index in [2.05, 4.69) is 20.8 Å². The normalized spacial score (nSPS) is 41.9. The Morgan fingerprint density at radius 2 is 1.93 bits per heavy atom. The molecule has 2 aliphatic carbocycles. The van der Waals surface area contributed by atoms with Crippen molar-refractivity contribution in [2.45, 2.75) is 59.3 Å². The van der Waals surface area contributed by atoms with Gasteiger partial charge in [-0.2, -0.15) is 0 Å². The topological polar surface area (TPSA) is 17.1 Å². The second-order valence-electron chi connectivity index (χ2n) is 6.30. The highest BCUT2D eigenvalue weighted by atomic mass is 16.1. The molecule has 2 aliphatic rings. The van der Waals surface area contributed by atoms with Crippen molar-refractivity contribution in [1.29, 1.82) is 0 Å². The van der Waals surface area contributed by atoms with Crippen molar-refractivity contribution in [3.8, 4) is 0 Å². The van der Waals surface area contributed by atoms with Crippen LogP contribution in [0, 0.1) is 16.7 Å². The van der Waals surface area contributed by atoms with Crippen molar-refractivity contribution in [2.24, 2.45) is 16.7 Å². The van der Waals surface area contributed by atoms with Gasteiger partial charge < -0.3 is 0 Å². The summed E-state index contributed by atoms with van der Waals surface area (Å²) in [6.45, 7) is 7.13. The van der Waals surface area contributed by atoms with Gasteiger partial charge in [0.25, 0.3) is 0 Å². The van der Waals surface area contributed by atoms with Crippen molar-refractivity contribution in [1.82, 2.24) is 0 Å². The second kappa shape index (κ2) is 3.08. The average Bonchev–Trinajstić information content (AvgIpc) is 2.00. The minimum atomic E-state index is 0.330. The summed E-state index contributed by atoms with van der Waals surface area (Å²) in [5.74, 6) is 1.28. The zero-order valence-electron chi connectivity index (χ0n) is 9.73. The van der Waals surface area contributed by atoms with Gasteiger partial charge in [-0.15, -0.1) is 0 Å². The molecule has 80 valence electrons. The molecule has 0 radical (unpaired) electrons. The Hall–Kier alpha value is -0.330. The highest BCUT2D eigenvalue weighted by Crippen LogP contribution is 2.56. The maximum atomic E-state index is 11.5. The molecule has 0 aliphatic heterocycles. The van der Waals surface area contributed by atoms with Gasteiger partial charge in [0.1, 0.15) is 5.78 Å². The molecule has 0 aromatic rings. The van der Waals surface area contributed by atoms with E-state index in [0.717, 1.165) is 25.2 Å². The highest BCUT2D eigenvalue weighted by molar-refractivity contribution is 5.80. The summed E-state index contributed by atoms with van der Waals surface area (Å²) in [4.78, 5) is 11.5. The van der Waals surface area contributed by atoms with Crippen molar-refractivity contribution in [3.05, 3.63) is 0 Å². The fraction of sp³-hybridized carbons (Fsp3) is 0.923. The summed E-state index contributed by atoms with van der Waals surface area (Å²) >= 11 is 0. The molecular weight excluding hydrogens is 172 g/mol. The highest BCUT2D eigenvalue weighted by Gasteiger charge is 2.48. The molecule has 2 saturated carbocycles. The van der Waals surface area contributed by atoms with Crippen LogP contribution in [0.1, 0.15) is 59.3 Å². The molecule has 0 spiro atoms. The first-order valence-corrected chi connectivity index (χ1v) is 5.96. The molecular formula is C13H22O. The molecule has 2 atom stereocenters. The number of carbonyl (C=O) groups is 1. The molecule has 1 heteroatoms. The summed E-state index contributed by atoms with van der Waals surface area (Å²) in [6, 6.07) is 0. The minimum Gasteiger partial charge on any atom is -0.300 e. The molecule has 1 nitrogen and oxygen atoms in total. The lowest BCUT2D eigenvalue weighted by molar-refractivity contribution is -0.131.